The molecule has 0 heteroatoms. The summed E-state index contributed by atoms with van der Waals surface area (Å²) in [6.45, 7) is 15.9. The fourth-order valence-corrected chi connectivity index (χ4v) is 0.837. The second kappa shape index (κ2) is 4.11. The molecule has 0 aromatic rings. The maximum atomic E-state index is 2.41. The van der Waals surface area contributed by atoms with Crippen LogP contribution >= 0.6 is 0 Å². The van der Waals surface area contributed by atoms with Crippen LogP contribution in [0.4, 0.5) is 0 Å². The zero-order valence-electron chi connectivity index (χ0n) is 9.73. The molecule has 0 N–H and O–H groups in total. The van der Waals surface area contributed by atoms with Crippen molar-refractivity contribution in [2.75, 3.05) is 0 Å². The lowest BCUT2D eigenvalue weighted by Crippen LogP contribution is -2.10. The summed E-state index contributed by atoms with van der Waals surface area (Å²) >= 11 is 0. The molecule has 0 rings (SSSR count). The van der Waals surface area contributed by atoms with E-state index in [9.17, 15) is 0 Å². The topological polar surface area (TPSA) is 0 Å². The molecule has 0 amide bonds. The minimum absolute atomic E-state index is 0.336. The van der Waals surface area contributed by atoms with Crippen molar-refractivity contribution in [1.82, 2.24) is 0 Å². The van der Waals surface area contributed by atoms with Gasteiger partial charge in [0.2, 0.25) is 0 Å². The minimum Gasteiger partial charge on any atom is -0.0820 e. The Labute approximate surface area is 78.1 Å². The monoisotopic (exact) mass is 168 g/mol. The van der Waals surface area contributed by atoms with Gasteiger partial charge in [-0.25, -0.2) is 0 Å². The van der Waals surface area contributed by atoms with Crippen molar-refractivity contribution in [1.29, 1.82) is 0 Å². The van der Waals surface area contributed by atoms with E-state index < -0.39 is 0 Å². The molecule has 0 heterocycles. The van der Waals surface area contributed by atoms with Crippen molar-refractivity contribution in [2.45, 2.75) is 48.5 Å². The molecule has 1 atom stereocenters. The highest BCUT2D eigenvalue weighted by molar-refractivity contribution is 5.09. The lowest BCUT2D eigenvalue weighted by Gasteiger charge is -2.22. The minimum atomic E-state index is 0.336. The van der Waals surface area contributed by atoms with Crippen molar-refractivity contribution in [3.63, 3.8) is 0 Å². The quantitative estimate of drug-likeness (QED) is 0.540. The Morgan fingerprint density at radius 3 is 1.75 bits per heavy atom. The van der Waals surface area contributed by atoms with E-state index >= 15 is 0 Å². The van der Waals surface area contributed by atoms with Gasteiger partial charge in [0.15, 0.2) is 0 Å². The van der Waals surface area contributed by atoms with E-state index in [0.29, 0.717) is 11.3 Å². The third-order valence-corrected chi connectivity index (χ3v) is 2.75. The lowest BCUT2D eigenvalue weighted by molar-refractivity contribution is 0.465. The van der Waals surface area contributed by atoms with Gasteiger partial charge in [-0.05, 0) is 24.2 Å². The Morgan fingerprint density at radius 2 is 1.50 bits per heavy atom. The smallest absolute Gasteiger partial charge is 0.0176 e. The van der Waals surface area contributed by atoms with Crippen LogP contribution in [0.3, 0.4) is 0 Å². The van der Waals surface area contributed by atoms with Crippen LogP contribution in [0.15, 0.2) is 11.6 Å². The molecule has 12 heavy (non-hydrogen) atoms. The van der Waals surface area contributed by atoms with Crippen LogP contribution in [-0.2, 0) is 0 Å². The molecule has 0 saturated carbocycles. The van der Waals surface area contributed by atoms with E-state index in [1.807, 2.05) is 0 Å². The molecule has 0 aliphatic rings. The standard InChI is InChI=1S/C12H24/c1-9(2)10(3)8-11(4)12(5,6)7/h8-10H,1-7H3/b11-8+. The average Bonchev–Trinajstić information content (AvgIpc) is 1.85. The average molecular weight is 168 g/mol. The Kier molecular flexibility index (Phi) is 4.02. The van der Waals surface area contributed by atoms with E-state index in [1.165, 1.54) is 5.57 Å². The van der Waals surface area contributed by atoms with Crippen LogP contribution in [0.2, 0.25) is 0 Å². The van der Waals surface area contributed by atoms with Gasteiger partial charge >= 0.3 is 0 Å². The molecule has 0 aromatic carbocycles. The summed E-state index contributed by atoms with van der Waals surface area (Å²) in [6, 6.07) is 0. The normalized spacial score (nSPS) is 16.8. The highest BCUT2D eigenvalue weighted by Crippen LogP contribution is 2.27. The lowest BCUT2D eigenvalue weighted by atomic mass is 9.84. The van der Waals surface area contributed by atoms with Crippen LogP contribution < -0.4 is 0 Å². The molecule has 0 nitrogen and oxygen atoms in total. The molecule has 0 fully saturated rings. The van der Waals surface area contributed by atoms with Gasteiger partial charge in [-0.1, -0.05) is 53.2 Å². The van der Waals surface area contributed by atoms with Gasteiger partial charge < -0.3 is 0 Å². The van der Waals surface area contributed by atoms with Crippen molar-refractivity contribution in [3.05, 3.63) is 11.6 Å². The molecular formula is C12H24. The zero-order chi connectivity index (χ0) is 9.94. The van der Waals surface area contributed by atoms with E-state index in [1.54, 1.807) is 0 Å². The fraction of sp³-hybridized carbons (Fsp3) is 0.833. The number of allylic oxidation sites excluding steroid dienone is 2. The molecule has 0 aromatic heterocycles. The largest absolute Gasteiger partial charge is 0.0820 e. The third kappa shape index (κ3) is 3.94. The molecular weight excluding hydrogens is 144 g/mol. The molecule has 0 aliphatic heterocycles. The number of hydrogen-bond donors (Lipinski definition) is 0. The molecule has 72 valence electrons. The molecule has 0 saturated heterocycles. The molecule has 1 unspecified atom stereocenters. The summed E-state index contributed by atoms with van der Waals surface area (Å²) in [4.78, 5) is 0. The van der Waals surface area contributed by atoms with Gasteiger partial charge in [-0.3, -0.25) is 0 Å². The van der Waals surface area contributed by atoms with E-state index in [0.717, 1.165) is 5.92 Å². The summed E-state index contributed by atoms with van der Waals surface area (Å²) in [7, 11) is 0. The first-order valence-electron chi connectivity index (χ1n) is 4.94. The first kappa shape index (κ1) is 11.7. The van der Waals surface area contributed by atoms with Gasteiger partial charge in [0.05, 0.1) is 0 Å². The van der Waals surface area contributed by atoms with Crippen LogP contribution in [0, 0.1) is 17.3 Å². The van der Waals surface area contributed by atoms with Crippen molar-refractivity contribution in [2.24, 2.45) is 17.3 Å². The SMILES string of the molecule is C/C(=C\C(C)C(C)C)C(C)(C)C. The Hall–Kier alpha value is -0.260. The van der Waals surface area contributed by atoms with Crippen molar-refractivity contribution >= 4 is 0 Å². The van der Waals surface area contributed by atoms with Gasteiger partial charge in [-0.15, -0.1) is 0 Å². The summed E-state index contributed by atoms with van der Waals surface area (Å²) < 4.78 is 0. The highest BCUT2D eigenvalue weighted by Gasteiger charge is 2.14. The third-order valence-electron chi connectivity index (χ3n) is 2.75. The maximum absolute atomic E-state index is 2.41. The van der Waals surface area contributed by atoms with Gasteiger partial charge in [0, 0.05) is 0 Å². The van der Waals surface area contributed by atoms with Crippen molar-refractivity contribution < 1.29 is 0 Å². The Balaban J connectivity index is 4.36. The van der Waals surface area contributed by atoms with Crippen molar-refractivity contribution in [3.8, 4) is 0 Å². The highest BCUT2D eigenvalue weighted by atomic mass is 14.2. The van der Waals surface area contributed by atoms with Crippen LogP contribution in [-0.4, -0.2) is 0 Å². The first-order valence-corrected chi connectivity index (χ1v) is 4.94. The van der Waals surface area contributed by atoms with Gasteiger partial charge in [0.1, 0.15) is 0 Å². The second-order valence-electron chi connectivity index (χ2n) is 5.20. The molecule has 0 aliphatic carbocycles. The summed E-state index contributed by atoms with van der Waals surface area (Å²) in [6.07, 6.45) is 2.41. The van der Waals surface area contributed by atoms with E-state index in [-0.39, 0.29) is 0 Å². The summed E-state index contributed by atoms with van der Waals surface area (Å²) in [5, 5.41) is 0. The number of hydrogen-bond acceptors (Lipinski definition) is 0. The van der Waals surface area contributed by atoms with Gasteiger partial charge in [-0.2, -0.15) is 0 Å². The van der Waals surface area contributed by atoms with Crippen LogP contribution in [0.5, 0.6) is 0 Å². The van der Waals surface area contributed by atoms with E-state index in [2.05, 4.69) is 54.5 Å². The first-order chi connectivity index (χ1) is 5.25. The predicted molar refractivity (Wildman–Crippen MR) is 57.2 cm³/mol. The van der Waals surface area contributed by atoms with Gasteiger partial charge in [0.25, 0.3) is 0 Å². The van der Waals surface area contributed by atoms with Crippen LogP contribution in [0.1, 0.15) is 48.5 Å². The molecule has 0 spiro atoms. The second-order valence-corrected chi connectivity index (χ2v) is 5.20. The Bertz CT molecular complexity index is 155. The molecule has 0 bridgehead atoms. The summed E-state index contributed by atoms with van der Waals surface area (Å²) in [5.74, 6) is 1.45. The van der Waals surface area contributed by atoms with Crippen LogP contribution in [0.25, 0.3) is 0 Å². The Morgan fingerprint density at radius 1 is 1.08 bits per heavy atom. The molecule has 0 radical (unpaired) electrons. The maximum Gasteiger partial charge on any atom is -0.0176 e. The summed E-state index contributed by atoms with van der Waals surface area (Å²) in [5.41, 5.74) is 1.84. The zero-order valence-corrected chi connectivity index (χ0v) is 9.73. The predicted octanol–water partition coefficient (Wildman–Crippen LogP) is 4.27. The fourth-order valence-electron chi connectivity index (χ4n) is 0.837. The van der Waals surface area contributed by atoms with E-state index in [4.69, 9.17) is 0 Å². The number of rotatable bonds is 2.